The molecule has 2 aromatic carbocycles. The molecule has 146 valence electrons. The highest BCUT2D eigenvalue weighted by Gasteiger charge is 2.27. The summed E-state index contributed by atoms with van der Waals surface area (Å²) < 4.78 is 24.4. The average molecular weight is 420 g/mol. The summed E-state index contributed by atoms with van der Waals surface area (Å²) in [5.74, 6) is -0.246. The van der Waals surface area contributed by atoms with E-state index in [1.807, 2.05) is 6.92 Å². The number of carbonyl (C=O) groups excluding carboxylic acids is 1. The maximum absolute atomic E-state index is 12.2. The number of hydrogen-bond donors (Lipinski definition) is 2. The molecule has 0 bridgehead atoms. The molecule has 0 radical (unpaired) electrons. The van der Waals surface area contributed by atoms with Crippen molar-refractivity contribution >= 4 is 38.4 Å². The van der Waals surface area contributed by atoms with Crippen molar-refractivity contribution in [2.24, 2.45) is 4.99 Å². The molecule has 1 amide bonds. The number of nitrogens with zero attached hydrogens (tertiary/aromatic N) is 2. The summed E-state index contributed by atoms with van der Waals surface area (Å²) in [6.07, 6.45) is 0. The van der Waals surface area contributed by atoms with Gasteiger partial charge in [0, 0.05) is 23.4 Å². The largest absolute Gasteiger partial charge is 0.276 e. The number of nitrogens with one attached hydrogen (secondary N) is 2. The number of thioether (sulfide) groups is 1. The Morgan fingerprint density at radius 2 is 1.82 bits per heavy atom. The zero-order valence-corrected chi connectivity index (χ0v) is 16.3. The Hall–Kier alpha value is -2.76. The van der Waals surface area contributed by atoms with Crippen LogP contribution in [0, 0.1) is 17.0 Å². The molecule has 0 fully saturated rings. The van der Waals surface area contributed by atoms with Gasteiger partial charge in [0.2, 0.25) is 0 Å². The lowest BCUT2D eigenvalue weighted by atomic mass is 10.2. The van der Waals surface area contributed by atoms with E-state index in [0.29, 0.717) is 16.4 Å². The van der Waals surface area contributed by atoms with Gasteiger partial charge in [-0.05, 0) is 31.2 Å². The van der Waals surface area contributed by atoms with E-state index in [1.165, 1.54) is 36.0 Å². The van der Waals surface area contributed by atoms with Gasteiger partial charge in [0.25, 0.3) is 21.6 Å². The van der Waals surface area contributed by atoms with E-state index in [4.69, 9.17) is 0 Å². The number of rotatable bonds is 6. The van der Waals surface area contributed by atoms with Crippen molar-refractivity contribution in [3.63, 3.8) is 0 Å². The normalized spacial score (nSPS) is 16.5. The number of amides is 1. The molecule has 0 saturated carbocycles. The highest BCUT2D eigenvalue weighted by molar-refractivity contribution is 8.14. The Morgan fingerprint density at radius 3 is 2.43 bits per heavy atom. The van der Waals surface area contributed by atoms with E-state index in [0.717, 1.165) is 5.56 Å². The number of benzene rings is 2. The molecular formula is C17H16N4O5S2. The van der Waals surface area contributed by atoms with Crippen LogP contribution in [0.2, 0.25) is 0 Å². The fourth-order valence-corrected chi connectivity index (χ4v) is 4.26. The summed E-state index contributed by atoms with van der Waals surface area (Å²) in [4.78, 5) is 28.8. The van der Waals surface area contributed by atoms with Crippen molar-refractivity contribution in [3.8, 4) is 0 Å². The second kappa shape index (κ2) is 8.09. The van der Waals surface area contributed by atoms with Crippen molar-refractivity contribution in [2.45, 2.75) is 17.9 Å². The zero-order chi connectivity index (χ0) is 20.3. The molecule has 2 aromatic rings. The molecular weight excluding hydrogens is 404 g/mol. The van der Waals surface area contributed by atoms with Gasteiger partial charge < -0.3 is 0 Å². The molecule has 28 heavy (non-hydrogen) atoms. The van der Waals surface area contributed by atoms with Crippen LogP contribution >= 0.6 is 11.8 Å². The Morgan fingerprint density at radius 1 is 1.18 bits per heavy atom. The van der Waals surface area contributed by atoms with E-state index in [1.54, 1.807) is 24.3 Å². The SMILES string of the molecule is Cc1ccc(S(=O)(=O)NNC(=O)[C@@H]2CSC(c3ccc([N+](=O)[O-])cc3)=N2)cc1. The maximum atomic E-state index is 12.2. The standard InChI is InChI=1S/C17H16N4O5S2/c1-11-2-8-14(9-3-11)28(25,26)20-19-16(22)15-10-27-17(18-15)12-4-6-13(7-5-12)21(23)24/h2-9,15,20H,10H2,1H3,(H,19,22)/t15-/m0/s1. The lowest BCUT2D eigenvalue weighted by Gasteiger charge is -2.10. The number of aryl methyl sites for hydroxylation is 1. The second-order valence-corrected chi connectivity index (χ2v) is 8.66. The highest BCUT2D eigenvalue weighted by Crippen LogP contribution is 2.25. The molecule has 1 atom stereocenters. The number of non-ortho nitro benzene ring substituents is 1. The fraction of sp³-hybridized carbons (Fsp3) is 0.176. The van der Waals surface area contributed by atoms with E-state index in [-0.39, 0.29) is 10.6 Å². The molecule has 2 N–H and O–H groups in total. The summed E-state index contributed by atoms with van der Waals surface area (Å²) in [5, 5.41) is 11.3. The van der Waals surface area contributed by atoms with Gasteiger partial charge in [0.1, 0.15) is 6.04 Å². The topological polar surface area (TPSA) is 131 Å². The minimum absolute atomic E-state index is 0.0350. The monoisotopic (exact) mass is 420 g/mol. The van der Waals surface area contributed by atoms with Crippen LogP contribution in [0.15, 0.2) is 58.4 Å². The molecule has 0 spiro atoms. The predicted octanol–water partition coefficient (Wildman–Crippen LogP) is 1.77. The second-order valence-electron chi connectivity index (χ2n) is 5.97. The van der Waals surface area contributed by atoms with Crippen LogP contribution in [0.3, 0.4) is 0 Å². The van der Waals surface area contributed by atoms with E-state index >= 15 is 0 Å². The first-order valence-electron chi connectivity index (χ1n) is 8.10. The van der Waals surface area contributed by atoms with Gasteiger partial charge in [-0.2, -0.15) is 0 Å². The number of nitro groups is 1. The third-order valence-corrected chi connectivity index (χ3v) is 6.28. The van der Waals surface area contributed by atoms with Crippen LogP contribution < -0.4 is 10.3 Å². The summed E-state index contributed by atoms with van der Waals surface area (Å²) in [6.45, 7) is 1.84. The summed E-state index contributed by atoms with van der Waals surface area (Å²) in [7, 11) is -3.88. The molecule has 0 unspecified atom stereocenters. The third-order valence-electron chi connectivity index (χ3n) is 3.92. The van der Waals surface area contributed by atoms with Crippen LogP contribution in [-0.4, -0.2) is 36.1 Å². The molecule has 1 aliphatic rings. The quantitative estimate of drug-likeness (QED) is 0.541. The van der Waals surface area contributed by atoms with Gasteiger partial charge in [-0.25, -0.2) is 8.42 Å². The number of hydrazine groups is 1. The van der Waals surface area contributed by atoms with Crippen molar-refractivity contribution in [2.75, 3.05) is 5.75 Å². The molecule has 0 saturated heterocycles. The van der Waals surface area contributed by atoms with Crippen molar-refractivity contribution < 1.29 is 18.1 Å². The molecule has 9 nitrogen and oxygen atoms in total. The molecule has 11 heteroatoms. The first kappa shape index (κ1) is 20.0. The Balaban J connectivity index is 1.63. The smallest absolute Gasteiger partial charge is 0.269 e. The Labute approximate surface area is 165 Å². The van der Waals surface area contributed by atoms with Gasteiger partial charge in [0.05, 0.1) is 14.9 Å². The predicted molar refractivity (Wildman–Crippen MR) is 106 cm³/mol. The van der Waals surface area contributed by atoms with Gasteiger partial charge in [-0.3, -0.25) is 25.3 Å². The minimum atomic E-state index is -3.88. The Kier molecular flexibility index (Phi) is 5.77. The fourth-order valence-electron chi connectivity index (χ4n) is 2.37. The summed E-state index contributed by atoms with van der Waals surface area (Å²) in [5.41, 5.74) is 3.73. The summed E-state index contributed by atoms with van der Waals surface area (Å²) >= 11 is 1.32. The van der Waals surface area contributed by atoms with Crippen LogP contribution in [0.25, 0.3) is 0 Å². The molecule has 3 rings (SSSR count). The van der Waals surface area contributed by atoms with Crippen molar-refractivity contribution in [1.29, 1.82) is 0 Å². The first-order valence-corrected chi connectivity index (χ1v) is 10.6. The van der Waals surface area contributed by atoms with E-state index in [2.05, 4.69) is 15.2 Å². The van der Waals surface area contributed by atoms with Gasteiger partial charge in [-0.1, -0.05) is 17.7 Å². The van der Waals surface area contributed by atoms with Gasteiger partial charge in [0.15, 0.2) is 0 Å². The number of sulfonamides is 1. The van der Waals surface area contributed by atoms with Crippen molar-refractivity contribution in [3.05, 3.63) is 69.8 Å². The number of aliphatic imine (C=N–C) groups is 1. The van der Waals surface area contributed by atoms with Crippen LogP contribution in [0.1, 0.15) is 11.1 Å². The molecule has 1 aliphatic heterocycles. The molecule has 0 aliphatic carbocycles. The zero-order valence-electron chi connectivity index (χ0n) is 14.7. The third kappa shape index (κ3) is 4.55. The summed E-state index contributed by atoms with van der Waals surface area (Å²) in [6, 6.07) is 11.3. The lowest BCUT2D eigenvalue weighted by molar-refractivity contribution is -0.384. The Bertz CT molecular complexity index is 1030. The van der Waals surface area contributed by atoms with Gasteiger partial charge >= 0.3 is 0 Å². The van der Waals surface area contributed by atoms with Gasteiger partial charge in [-0.15, -0.1) is 16.6 Å². The van der Waals surface area contributed by atoms with Crippen molar-refractivity contribution in [1.82, 2.24) is 10.3 Å². The average Bonchev–Trinajstić information content (AvgIpc) is 3.17. The van der Waals surface area contributed by atoms with E-state index < -0.39 is 26.9 Å². The number of carbonyl (C=O) groups is 1. The number of hydrogen-bond acceptors (Lipinski definition) is 7. The lowest BCUT2D eigenvalue weighted by Crippen LogP contribution is -2.46. The minimum Gasteiger partial charge on any atom is -0.276 e. The molecule has 1 heterocycles. The van der Waals surface area contributed by atoms with E-state index in [9.17, 15) is 23.3 Å². The maximum Gasteiger partial charge on any atom is 0.269 e. The van der Waals surface area contributed by atoms with Crippen LogP contribution in [0.5, 0.6) is 0 Å². The van der Waals surface area contributed by atoms with Crippen LogP contribution in [0.4, 0.5) is 5.69 Å². The number of nitro benzene ring substituents is 1. The first-order chi connectivity index (χ1) is 13.3. The molecule has 0 aromatic heterocycles. The van der Waals surface area contributed by atoms with Crippen LogP contribution in [-0.2, 0) is 14.8 Å². The highest BCUT2D eigenvalue weighted by atomic mass is 32.2.